The fraction of sp³-hybridized carbons (Fsp3) is 0.188. The van der Waals surface area contributed by atoms with Crippen molar-refractivity contribution in [2.75, 3.05) is 20.2 Å². The highest BCUT2D eigenvalue weighted by atomic mass is 79.9. The molecule has 2 rings (SSSR count). The number of amides is 1. The highest BCUT2D eigenvalue weighted by Crippen LogP contribution is 2.15. The van der Waals surface area contributed by atoms with E-state index in [2.05, 4.69) is 26.0 Å². The second-order valence-electron chi connectivity index (χ2n) is 4.84. The van der Waals surface area contributed by atoms with Gasteiger partial charge in [0.2, 0.25) is 10.0 Å². The minimum absolute atomic E-state index is 0.0914. The van der Waals surface area contributed by atoms with E-state index in [4.69, 9.17) is 4.74 Å². The average Bonchev–Trinajstić information content (AvgIpc) is 2.58. The largest absolute Gasteiger partial charge is 0.497 e. The zero-order valence-corrected chi connectivity index (χ0v) is 15.4. The number of rotatable bonds is 7. The number of nitrogens with one attached hydrogen (secondary N) is 2. The summed E-state index contributed by atoms with van der Waals surface area (Å²) >= 11 is 3.29. The number of hydrogen-bond donors (Lipinski definition) is 2. The molecule has 2 aromatic rings. The molecule has 0 aliphatic rings. The monoisotopic (exact) mass is 412 g/mol. The third kappa shape index (κ3) is 5.05. The molecule has 6 nitrogen and oxygen atoms in total. The number of methoxy groups -OCH3 is 1. The van der Waals surface area contributed by atoms with Crippen LogP contribution in [0.15, 0.2) is 57.9 Å². The van der Waals surface area contributed by atoms with Gasteiger partial charge in [0, 0.05) is 23.1 Å². The van der Waals surface area contributed by atoms with Crippen LogP contribution in [0.2, 0.25) is 0 Å². The van der Waals surface area contributed by atoms with Crippen LogP contribution >= 0.6 is 15.9 Å². The number of benzene rings is 2. The van der Waals surface area contributed by atoms with Crippen LogP contribution in [-0.2, 0) is 10.0 Å². The molecule has 24 heavy (non-hydrogen) atoms. The highest BCUT2D eigenvalue weighted by molar-refractivity contribution is 9.10. The Morgan fingerprint density at radius 3 is 2.46 bits per heavy atom. The van der Waals surface area contributed by atoms with E-state index in [1.165, 1.54) is 19.2 Å². The number of carbonyl (C=O) groups excluding carboxylic acids is 1. The minimum atomic E-state index is -3.62. The van der Waals surface area contributed by atoms with Gasteiger partial charge in [-0.25, -0.2) is 13.1 Å². The van der Waals surface area contributed by atoms with Crippen molar-refractivity contribution in [2.45, 2.75) is 4.90 Å². The fourth-order valence-electron chi connectivity index (χ4n) is 1.93. The maximum absolute atomic E-state index is 12.1. The van der Waals surface area contributed by atoms with Crippen LogP contribution in [0.1, 0.15) is 10.4 Å². The molecular formula is C16H17BrN2O4S. The quantitative estimate of drug-likeness (QED) is 0.682. The summed E-state index contributed by atoms with van der Waals surface area (Å²) in [6.07, 6.45) is 0. The summed E-state index contributed by atoms with van der Waals surface area (Å²) in [5.41, 5.74) is 0.502. The molecule has 1 amide bonds. The van der Waals surface area contributed by atoms with Crippen molar-refractivity contribution in [2.24, 2.45) is 0 Å². The molecule has 128 valence electrons. The third-order valence-corrected chi connectivity index (χ3v) is 5.13. The summed E-state index contributed by atoms with van der Waals surface area (Å²) < 4.78 is 32.5. The first-order valence-corrected chi connectivity index (χ1v) is 9.37. The van der Waals surface area contributed by atoms with Gasteiger partial charge in [-0.05, 0) is 42.5 Å². The van der Waals surface area contributed by atoms with Crippen molar-refractivity contribution in [3.63, 3.8) is 0 Å². The number of sulfonamides is 1. The van der Waals surface area contributed by atoms with Crippen LogP contribution in [0.3, 0.4) is 0 Å². The molecule has 0 saturated heterocycles. The first-order valence-electron chi connectivity index (χ1n) is 7.10. The SMILES string of the molecule is COc1ccc(S(=O)(=O)NCCNC(=O)c2cccc(Br)c2)cc1. The molecule has 2 N–H and O–H groups in total. The molecule has 2 aromatic carbocycles. The van der Waals surface area contributed by atoms with Crippen LogP contribution in [0.5, 0.6) is 5.75 Å². The maximum atomic E-state index is 12.1. The Hall–Kier alpha value is -1.90. The molecule has 0 saturated carbocycles. The summed E-state index contributed by atoms with van der Waals surface area (Å²) in [6, 6.07) is 13.0. The first-order chi connectivity index (χ1) is 11.4. The second-order valence-corrected chi connectivity index (χ2v) is 7.52. The lowest BCUT2D eigenvalue weighted by molar-refractivity contribution is 0.0954. The van der Waals surface area contributed by atoms with Gasteiger partial charge in [0.1, 0.15) is 5.75 Å². The number of ether oxygens (including phenoxy) is 1. The Morgan fingerprint density at radius 2 is 1.83 bits per heavy atom. The van der Waals surface area contributed by atoms with E-state index in [1.807, 2.05) is 6.07 Å². The van der Waals surface area contributed by atoms with Gasteiger partial charge >= 0.3 is 0 Å². The molecular weight excluding hydrogens is 396 g/mol. The van der Waals surface area contributed by atoms with Gasteiger partial charge in [-0.3, -0.25) is 4.79 Å². The summed E-state index contributed by atoms with van der Waals surface area (Å²) in [7, 11) is -2.11. The van der Waals surface area contributed by atoms with Crippen LogP contribution < -0.4 is 14.8 Å². The van der Waals surface area contributed by atoms with Crippen molar-refractivity contribution < 1.29 is 17.9 Å². The van der Waals surface area contributed by atoms with Gasteiger partial charge in [-0.15, -0.1) is 0 Å². The smallest absolute Gasteiger partial charge is 0.251 e. The molecule has 0 fully saturated rings. The maximum Gasteiger partial charge on any atom is 0.251 e. The number of halogens is 1. The third-order valence-electron chi connectivity index (χ3n) is 3.16. The van der Waals surface area contributed by atoms with Crippen LogP contribution in [0, 0.1) is 0 Å². The highest BCUT2D eigenvalue weighted by Gasteiger charge is 2.13. The molecule has 0 heterocycles. The van der Waals surface area contributed by atoms with Gasteiger partial charge in [0.25, 0.3) is 5.91 Å². The zero-order chi connectivity index (χ0) is 17.6. The van der Waals surface area contributed by atoms with Crippen molar-refractivity contribution in [3.05, 3.63) is 58.6 Å². The van der Waals surface area contributed by atoms with E-state index in [0.29, 0.717) is 11.3 Å². The molecule has 0 atom stereocenters. The summed E-state index contributed by atoms with van der Waals surface area (Å²) in [5, 5.41) is 2.66. The minimum Gasteiger partial charge on any atom is -0.497 e. The Morgan fingerprint density at radius 1 is 1.12 bits per heavy atom. The van der Waals surface area contributed by atoms with Crippen LogP contribution in [0.4, 0.5) is 0 Å². The van der Waals surface area contributed by atoms with E-state index in [-0.39, 0.29) is 23.9 Å². The Bertz CT molecular complexity index is 807. The Balaban J connectivity index is 1.85. The lowest BCUT2D eigenvalue weighted by Crippen LogP contribution is -2.34. The van der Waals surface area contributed by atoms with Crippen LogP contribution in [0.25, 0.3) is 0 Å². The molecule has 0 aliphatic carbocycles. The Kier molecular flexibility index (Phi) is 6.36. The normalized spacial score (nSPS) is 11.1. The number of carbonyl (C=O) groups is 1. The van der Waals surface area contributed by atoms with Crippen molar-refractivity contribution in [3.8, 4) is 5.75 Å². The predicted octanol–water partition coefficient (Wildman–Crippen LogP) is 2.17. The molecule has 8 heteroatoms. The second kappa shape index (κ2) is 8.27. The summed E-state index contributed by atoms with van der Waals surface area (Å²) in [5.74, 6) is 0.315. The average molecular weight is 413 g/mol. The molecule has 0 aromatic heterocycles. The molecule has 0 unspecified atom stereocenters. The predicted molar refractivity (Wildman–Crippen MR) is 94.7 cm³/mol. The lowest BCUT2D eigenvalue weighted by atomic mass is 10.2. The fourth-order valence-corrected chi connectivity index (χ4v) is 3.36. The van der Waals surface area contributed by atoms with E-state index in [0.717, 1.165) is 4.47 Å². The van der Waals surface area contributed by atoms with E-state index in [9.17, 15) is 13.2 Å². The van der Waals surface area contributed by atoms with Crippen molar-refractivity contribution in [1.82, 2.24) is 10.0 Å². The van der Waals surface area contributed by atoms with Gasteiger partial charge in [0.15, 0.2) is 0 Å². The first kappa shape index (κ1) is 18.4. The number of hydrogen-bond acceptors (Lipinski definition) is 4. The molecule has 0 aliphatic heterocycles. The van der Waals surface area contributed by atoms with E-state index < -0.39 is 10.0 Å². The lowest BCUT2D eigenvalue weighted by Gasteiger charge is -2.09. The molecule has 0 radical (unpaired) electrons. The van der Waals surface area contributed by atoms with Crippen molar-refractivity contribution >= 4 is 31.9 Å². The van der Waals surface area contributed by atoms with E-state index in [1.54, 1.807) is 30.3 Å². The topological polar surface area (TPSA) is 84.5 Å². The zero-order valence-electron chi connectivity index (χ0n) is 13.0. The molecule has 0 bridgehead atoms. The molecule has 0 spiro atoms. The van der Waals surface area contributed by atoms with Gasteiger partial charge < -0.3 is 10.1 Å². The Labute approximate surface area is 149 Å². The van der Waals surface area contributed by atoms with Crippen LogP contribution in [-0.4, -0.2) is 34.5 Å². The van der Waals surface area contributed by atoms with Gasteiger partial charge in [0.05, 0.1) is 12.0 Å². The summed E-state index contributed by atoms with van der Waals surface area (Å²) in [6.45, 7) is 0.273. The standard InChI is InChI=1S/C16H17BrN2O4S/c1-23-14-5-7-15(8-6-14)24(21,22)19-10-9-18-16(20)12-3-2-4-13(17)11-12/h2-8,11,19H,9-10H2,1H3,(H,18,20). The van der Waals surface area contributed by atoms with Crippen molar-refractivity contribution in [1.29, 1.82) is 0 Å². The van der Waals surface area contributed by atoms with Gasteiger partial charge in [-0.2, -0.15) is 0 Å². The summed E-state index contributed by atoms with van der Waals surface area (Å²) in [4.78, 5) is 12.1. The van der Waals surface area contributed by atoms with Gasteiger partial charge in [-0.1, -0.05) is 22.0 Å². The van der Waals surface area contributed by atoms with E-state index >= 15 is 0 Å².